The summed E-state index contributed by atoms with van der Waals surface area (Å²) in [6.07, 6.45) is 0. The number of anilines is 1. The van der Waals surface area contributed by atoms with Gasteiger partial charge < -0.3 is 25.4 Å². The maximum Gasteiger partial charge on any atom is 0.255 e. The number of carbonyl (C=O) groups is 1. The Balaban J connectivity index is 1.95. The molecule has 1 aliphatic heterocycles. The summed E-state index contributed by atoms with van der Waals surface area (Å²) in [6.45, 7) is 6.15. The molecule has 0 aliphatic carbocycles. The molecule has 0 aromatic heterocycles. The molecule has 0 unspecified atom stereocenters. The van der Waals surface area contributed by atoms with E-state index in [9.17, 15) is 4.79 Å². The molecule has 0 saturated carbocycles. The highest BCUT2D eigenvalue weighted by molar-refractivity contribution is 7.80. The molecule has 7 heteroatoms. The van der Waals surface area contributed by atoms with E-state index in [0.717, 1.165) is 5.56 Å². The Labute approximate surface area is 182 Å². The number of ether oxygens (including phenoxy) is 2. The van der Waals surface area contributed by atoms with Gasteiger partial charge in [0.2, 0.25) is 0 Å². The van der Waals surface area contributed by atoms with Gasteiger partial charge in [-0.05, 0) is 48.3 Å². The van der Waals surface area contributed by atoms with Crippen molar-refractivity contribution in [1.82, 2.24) is 10.6 Å². The molecule has 0 saturated heterocycles. The molecule has 0 fully saturated rings. The number of thiocarbonyl (C=S) groups is 1. The van der Waals surface area contributed by atoms with Crippen LogP contribution in [-0.4, -0.2) is 25.2 Å². The lowest BCUT2D eigenvalue weighted by Crippen LogP contribution is -2.45. The van der Waals surface area contributed by atoms with Crippen LogP contribution in [0.2, 0.25) is 0 Å². The van der Waals surface area contributed by atoms with E-state index in [1.807, 2.05) is 19.1 Å². The van der Waals surface area contributed by atoms with Crippen LogP contribution in [0.4, 0.5) is 5.69 Å². The Kier molecular flexibility index (Phi) is 6.62. The largest absolute Gasteiger partial charge is 0.497 e. The lowest BCUT2D eigenvalue weighted by molar-refractivity contribution is -0.113. The molecule has 2 aromatic carbocycles. The van der Waals surface area contributed by atoms with Crippen LogP contribution in [0.5, 0.6) is 11.5 Å². The van der Waals surface area contributed by atoms with Gasteiger partial charge in [-0.2, -0.15) is 0 Å². The van der Waals surface area contributed by atoms with Crippen molar-refractivity contribution in [2.45, 2.75) is 32.7 Å². The van der Waals surface area contributed by atoms with Crippen molar-refractivity contribution in [2.24, 2.45) is 0 Å². The minimum absolute atomic E-state index is 0.250. The van der Waals surface area contributed by atoms with Gasteiger partial charge in [-0.3, -0.25) is 4.79 Å². The van der Waals surface area contributed by atoms with E-state index in [0.29, 0.717) is 39.5 Å². The fraction of sp³-hybridized carbons (Fsp3) is 0.304. The van der Waals surface area contributed by atoms with Crippen molar-refractivity contribution in [3.8, 4) is 11.5 Å². The molecule has 158 valence electrons. The van der Waals surface area contributed by atoms with Crippen LogP contribution in [-0.2, 0) is 4.79 Å². The average molecular weight is 426 g/mol. The minimum atomic E-state index is -0.364. The first kappa shape index (κ1) is 21.6. The molecule has 1 amide bonds. The van der Waals surface area contributed by atoms with Crippen LogP contribution >= 0.6 is 12.2 Å². The van der Waals surface area contributed by atoms with Gasteiger partial charge in [0.25, 0.3) is 5.91 Å². The highest BCUT2D eigenvalue weighted by Gasteiger charge is 2.30. The number of amides is 1. The number of nitrogens with one attached hydrogen (secondary N) is 3. The maximum absolute atomic E-state index is 13.3. The molecule has 6 nitrogen and oxygen atoms in total. The first-order valence-electron chi connectivity index (χ1n) is 9.75. The molecule has 0 bridgehead atoms. The van der Waals surface area contributed by atoms with Gasteiger partial charge in [0.1, 0.15) is 11.5 Å². The van der Waals surface area contributed by atoms with E-state index in [-0.39, 0.29) is 11.9 Å². The van der Waals surface area contributed by atoms with Crippen molar-refractivity contribution in [2.75, 3.05) is 19.5 Å². The third-order valence-corrected chi connectivity index (χ3v) is 5.32. The first-order valence-corrected chi connectivity index (χ1v) is 10.2. The molecule has 3 N–H and O–H groups in total. The third kappa shape index (κ3) is 4.57. The van der Waals surface area contributed by atoms with Gasteiger partial charge in [0.15, 0.2) is 5.11 Å². The zero-order valence-electron chi connectivity index (χ0n) is 17.8. The van der Waals surface area contributed by atoms with Gasteiger partial charge >= 0.3 is 0 Å². The van der Waals surface area contributed by atoms with E-state index in [1.165, 1.54) is 5.56 Å². The zero-order valence-corrected chi connectivity index (χ0v) is 18.6. The SMILES string of the molecule is COc1ccc(OC)c(NC(=O)C2=C(C)NC(=S)N[C@H]2c2ccc(C(C)C)cc2)c1. The number of rotatable bonds is 6. The molecule has 1 heterocycles. The molecule has 30 heavy (non-hydrogen) atoms. The van der Waals surface area contributed by atoms with E-state index in [2.05, 4.69) is 41.9 Å². The molecule has 3 rings (SSSR count). The predicted octanol–water partition coefficient (Wildman–Crippen LogP) is 4.26. The van der Waals surface area contributed by atoms with Crippen molar-refractivity contribution in [3.63, 3.8) is 0 Å². The molecule has 1 aliphatic rings. The summed E-state index contributed by atoms with van der Waals surface area (Å²) in [5.74, 6) is 1.35. The number of hydrogen-bond acceptors (Lipinski definition) is 4. The molecule has 0 spiro atoms. The Morgan fingerprint density at radius 2 is 1.80 bits per heavy atom. The minimum Gasteiger partial charge on any atom is -0.497 e. The van der Waals surface area contributed by atoms with Gasteiger partial charge in [-0.15, -0.1) is 0 Å². The molecular weight excluding hydrogens is 398 g/mol. The quantitative estimate of drug-likeness (QED) is 0.601. The van der Waals surface area contributed by atoms with Crippen molar-refractivity contribution in [3.05, 3.63) is 64.9 Å². The van der Waals surface area contributed by atoms with E-state index in [4.69, 9.17) is 21.7 Å². The molecule has 1 atom stereocenters. The summed E-state index contributed by atoms with van der Waals surface area (Å²) >= 11 is 5.34. The highest BCUT2D eigenvalue weighted by Crippen LogP contribution is 2.32. The summed E-state index contributed by atoms with van der Waals surface area (Å²) < 4.78 is 10.7. The smallest absolute Gasteiger partial charge is 0.255 e. The van der Waals surface area contributed by atoms with Crippen molar-refractivity contribution >= 4 is 28.9 Å². The number of hydrogen-bond donors (Lipinski definition) is 3. The summed E-state index contributed by atoms with van der Waals surface area (Å²) in [5.41, 5.74) is 4.00. The summed E-state index contributed by atoms with van der Waals surface area (Å²) in [6, 6.07) is 13.1. The molecular formula is C23H27N3O3S. The standard InChI is InChI=1S/C23H27N3O3S/c1-13(2)15-6-8-16(9-7-15)21-20(14(3)24-23(30)26-21)22(27)25-18-12-17(28-4)10-11-19(18)29-5/h6-13,21H,1-5H3,(H,25,27)(H2,24,26,30)/t21-/m0/s1. The number of benzene rings is 2. The van der Waals surface area contributed by atoms with E-state index >= 15 is 0 Å². The van der Waals surface area contributed by atoms with Crippen molar-refractivity contribution < 1.29 is 14.3 Å². The van der Waals surface area contributed by atoms with Crippen LogP contribution in [0.3, 0.4) is 0 Å². The normalized spacial score (nSPS) is 16.1. The second-order valence-electron chi connectivity index (χ2n) is 7.41. The second-order valence-corrected chi connectivity index (χ2v) is 7.82. The average Bonchev–Trinajstić information content (AvgIpc) is 2.73. The fourth-order valence-corrected chi connectivity index (χ4v) is 3.69. The van der Waals surface area contributed by atoms with Crippen LogP contribution in [0, 0.1) is 0 Å². The lowest BCUT2D eigenvalue weighted by atomic mass is 9.92. The van der Waals surface area contributed by atoms with Gasteiger partial charge in [-0.25, -0.2) is 0 Å². The second kappa shape index (κ2) is 9.17. The predicted molar refractivity (Wildman–Crippen MR) is 123 cm³/mol. The van der Waals surface area contributed by atoms with Crippen LogP contribution in [0.15, 0.2) is 53.7 Å². The fourth-order valence-electron chi connectivity index (χ4n) is 3.42. The van der Waals surface area contributed by atoms with Crippen LogP contribution in [0.1, 0.15) is 43.9 Å². The number of methoxy groups -OCH3 is 2. The molecule has 2 aromatic rings. The Bertz CT molecular complexity index is 984. The van der Waals surface area contributed by atoms with Gasteiger partial charge in [0.05, 0.1) is 31.5 Å². The van der Waals surface area contributed by atoms with Crippen LogP contribution < -0.4 is 25.4 Å². The summed E-state index contributed by atoms with van der Waals surface area (Å²) in [4.78, 5) is 13.3. The van der Waals surface area contributed by atoms with E-state index in [1.54, 1.807) is 32.4 Å². The van der Waals surface area contributed by atoms with Gasteiger partial charge in [-0.1, -0.05) is 38.1 Å². The van der Waals surface area contributed by atoms with Gasteiger partial charge in [0, 0.05) is 11.8 Å². The Morgan fingerprint density at radius 1 is 1.10 bits per heavy atom. The highest BCUT2D eigenvalue weighted by atomic mass is 32.1. The van der Waals surface area contributed by atoms with E-state index < -0.39 is 0 Å². The first-order chi connectivity index (χ1) is 14.3. The van der Waals surface area contributed by atoms with Crippen LogP contribution in [0.25, 0.3) is 0 Å². The topological polar surface area (TPSA) is 71.6 Å². The van der Waals surface area contributed by atoms with Crippen molar-refractivity contribution in [1.29, 1.82) is 0 Å². The summed E-state index contributed by atoms with van der Waals surface area (Å²) in [5, 5.41) is 9.73. The summed E-state index contributed by atoms with van der Waals surface area (Å²) in [7, 11) is 3.13. The Hall–Kier alpha value is -3.06. The monoisotopic (exact) mass is 425 g/mol. The lowest BCUT2D eigenvalue weighted by Gasteiger charge is -2.30. The number of carbonyl (C=O) groups excluding carboxylic acids is 1. The number of allylic oxidation sites excluding steroid dienone is 1. The molecule has 0 radical (unpaired) electrons. The maximum atomic E-state index is 13.3. The third-order valence-electron chi connectivity index (χ3n) is 5.11. The Morgan fingerprint density at radius 3 is 2.40 bits per heavy atom. The zero-order chi connectivity index (χ0) is 21.8.